The Bertz CT molecular complexity index is 2330. The summed E-state index contributed by atoms with van der Waals surface area (Å²) < 4.78 is 1.26. The lowest BCUT2D eigenvalue weighted by atomic mass is 10.0. The van der Waals surface area contributed by atoms with Crippen LogP contribution in [0.3, 0.4) is 0 Å². The first-order valence-electron chi connectivity index (χ1n) is 15.0. The molecule has 0 atom stereocenters. The van der Waals surface area contributed by atoms with E-state index in [-0.39, 0.29) is 0 Å². The van der Waals surface area contributed by atoms with Crippen molar-refractivity contribution in [1.29, 1.82) is 0 Å². The number of hydrogen-bond acceptors (Lipinski definition) is 5. The van der Waals surface area contributed by atoms with Crippen molar-refractivity contribution in [3.8, 4) is 22.6 Å². The van der Waals surface area contributed by atoms with Gasteiger partial charge in [-0.15, -0.1) is 11.3 Å². The molecule has 0 saturated carbocycles. The van der Waals surface area contributed by atoms with Gasteiger partial charge in [0.2, 0.25) is 0 Å². The predicted octanol–water partition coefficient (Wildman–Crippen LogP) is 11.4. The fourth-order valence-electron chi connectivity index (χ4n) is 6.34. The second-order valence-electron chi connectivity index (χ2n) is 11.1. The largest absolute Gasteiger partial charge is 0.305 e. The Morgan fingerprint density at radius 3 is 1.82 bits per heavy atom. The maximum absolute atomic E-state index is 5.10. The molecule has 0 bridgehead atoms. The molecule has 0 saturated heterocycles. The summed E-state index contributed by atoms with van der Waals surface area (Å²) in [5.74, 6) is 0.718. The number of hydrogen-bond donors (Lipinski definition) is 0. The highest BCUT2D eigenvalue weighted by molar-refractivity contribution is 7.24. The maximum atomic E-state index is 5.10. The van der Waals surface area contributed by atoms with Crippen LogP contribution in [0.2, 0.25) is 0 Å². The van der Waals surface area contributed by atoms with Crippen LogP contribution in [0.1, 0.15) is 0 Å². The number of benzene rings is 6. The van der Waals surface area contributed by atoms with Gasteiger partial charge in [-0.3, -0.25) is 4.90 Å². The van der Waals surface area contributed by atoms with Crippen molar-refractivity contribution >= 4 is 65.8 Å². The van der Waals surface area contributed by atoms with E-state index >= 15 is 0 Å². The molecule has 0 spiro atoms. The minimum atomic E-state index is 0.718. The van der Waals surface area contributed by atoms with E-state index in [1.807, 2.05) is 29.5 Å². The maximum Gasteiger partial charge on any atom is 0.160 e. The molecule has 3 heterocycles. The van der Waals surface area contributed by atoms with Gasteiger partial charge < -0.3 is 4.90 Å². The first kappa shape index (κ1) is 25.7. The van der Waals surface area contributed by atoms with Crippen molar-refractivity contribution in [3.63, 3.8) is 0 Å². The van der Waals surface area contributed by atoms with Crippen LogP contribution < -0.4 is 9.80 Å². The number of aromatic nitrogens is 2. The lowest BCUT2D eigenvalue weighted by Gasteiger charge is -2.38. The van der Waals surface area contributed by atoms with Gasteiger partial charge in [0.25, 0.3) is 0 Å². The van der Waals surface area contributed by atoms with E-state index in [1.54, 1.807) is 0 Å². The number of fused-ring (bicyclic) bond motifs is 5. The number of anilines is 6. The van der Waals surface area contributed by atoms with Crippen LogP contribution in [0.5, 0.6) is 0 Å². The second-order valence-corrected chi connectivity index (χ2v) is 12.1. The average molecular weight is 595 g/mol. The van der Waals surface area contributed by atoms with E-state index in [4.69, 9.17) is 9.97 Å². The molecule has 6 aromatic carbocycles. The number of para-hydroxylation sites is 4. The predicted molar refractivity (Wildman–Crippen MR) is 189 cm³/mol. The topological polar surface area (TPSA) is 32.3 Å². The Hall–Kier alpha value is -5.78. The Balaban J connectivity index is 1.20. The van der Waals surface area contributed by atoms with Crippen LogP contribution in [-0.4, -0.2) is 9.97 Å². The van der Waals surface area contributed by atoms with Gasteiger partial charge in [0.15, 0.2) is 5.82 Å². The molecule has 212 valence electrons. The van der Waals surface area contributed by atoms with Crippen molar-refractivity contribution in [1.82, 2.24) is 9.97 Å². The van der Waals surface area contributed by atoms with Crippen molar-refractivity contribution < 1.29 is 0 Å². The summed E-state index contributed by atoms with van der Waals surface area (Å²) in [6.07, 6.45) is 0. The summed E-state index contributed by atoms with van der Waals surface area (Å²) in [5, 5.41) is 3.49. The second kappa shape index (κ2) is 10.4. The van der Waals surface area contributed by atoms with Crippen LogP contribution in [0.4, 0.5) is 33.4 Å². The molecule has 9 rings (SSSR count). The summed E-state index contributed by atoms with van der Waals surface area (Å²) in [6.45, 7) is 0. The van der Waals surface area contributed by atoms with Crippen molar-refractivity contribution in [2.24, 2.45) is 0 Å². The number of rotatable bonds is 4. The number of thiophene rings is 1. The zero-order valence-electron chi connectivity index (χ0n) is 24.2. The highest BCUT2D eigenvalue weighted by atomic mass is 32.1. The van der Waals surface area contributed by atoms with Gasteiger partial charge in [0.1, 0.15) is 5.00 Å². The molecule has 8 aromatic rings. The van der Waals surface area contributed by atoms with Gasteiger partial charge in [0, 0.05) is 38.0 Å². The van der Waals surface area contributed by atoms with Crippen LogP contribution in [0.25, 0.3) is 43.6 Å². The van der Waals surface area contributed by atoms with Crippen LogP contribution in [0, 0.1) is 0 Å². The Labute approximate surface area is 265 Å². The highest BCUT2D eigenvalue weighted by Crippen LogP contribution is 2.59. The third kappa shape index (κ3) is 4.20. The van der Waals surface area contributed by atoms with Crippen LogP contribution >= 0.6 is 11.3 Å². The highest BCUT2D eigenvalue weighted by Gasteiger charge is 2.33. The van der Waals surface area contributed by atoms with Crippen LogP contribution in [0.15, 0.2) is 158 Å². The molecule has 4 nitrogen and oxygen atoms in total. The molecule has 0 aliphatic carbocycles. The first-order chi connectivity index (χ1) is 22.3. The van der Waals surface area contributed by atoms with Crippen molar-refractivity contribution in [3.05, 3.63) is 158 Å². The summed E-state index contributed by atoms with van der Waals surface area (Å²) in [4.78, 5) is 14.9. The molecular formula is C40H26N4S. The lowest BCUT2D eigenvalue weighted by molar-refractivity contribution is 1.20. The van der Waals surface area contributed by atoms with Gasteiger partial charge >= 0.3 is 0 Å². The molecular weight excluding hydrogens is 569 g/mol. The van der Waals surface area contributed by atoms with E-state index < -0.39 is 0 Å². The van der Waals surface area contributed by atoms with E-state index in [2.05, 4.69) is 149 Å². The van der Waals surface area contributed by atoms with Gasteiger partial charge in [-0.25, -0.2) is 9.97 Å². The third-order valence-corrected chi connectivity index (χ3v) is 9.54. The molecule has 0 radical (unpaired) electrons. The minimum absolute atomic E-state index is 0.718. The molecule has 0 unspecified atom stereocenters. The molecule has 5 heteroatoms. The summed E-state index contributed by atoms with van der Waals surface area (Å²) in [5.41, 5.74) is 9.66. The molecule has 0 amide bonds. The average Bonchev–Trinajstić information content (AvgIpc) is 3.50. The molecule has 1 aliphatic rings. The Kier molecular flexibility index (Phi) is 5.96. The lowest BCUT2D eigenvalue weighted by Crippen LogP contribution is -2.22. The van der Waals surface area contributed by atoms with Gasteiger partial charge in [0.05, 0.1) is 28.3 Å². The Morgan fingerprint density at radius 2 is 1.04 bits per heavy atom. The van der Waals surface area contributed by atoms with Gasteiger partial charge in [-0.2, -0.15) is 0 Å². The van der Waals surface area contributed by atoms with Crippen molar-refractivity contribution in [2.75, 3.05) is 9.80 Å². The molecule has 2 aromatic heterocycles. The minimum Gasteiger partial charge on any atom is -0.305 e. The number of nitrogens with zero attached hydrogens (tertiary/aromatic N) is 4. The zero-order valence-corrected chi connectivity index (χ0v) is 25.0. The van der Waals surface area contributed by atoms with E-state index in [0.717, 1.165) is 56.3 Å². The van der Waals surface area contributed by atoms with Gasteiger partial charge in [-0.1, -0.05) is 97.1 Å². The fraction of sp³-hybridized carbons (Fsp3) is 0. The monoisotopic (exact) mass is 594 g/mol. The summed E-state index contributed by atoms with van der Waals surface area (Å²) in [6, 6.07) is 55.3. The molecule has 1 aliphatic heterocycles. The molecule has 0 N–H and O–H groups in total. The third-order valence-electron chi connectivity index (χ3n) is 8.39. The zero-order chi connectivity index (χ0) is 29.7. The summed E-state index contributed by atoms with van der Waals surface area (Å²) >= 11 is 1.83. The van der Waals surface area contributed by atoms with Crippen LogP contribution in [-0.2, 0) is 0 Å². The molecule has 0 fully saturated rings. The van der Waals surface area contributed by atoms with Crippen molar-refractivity contribution in [2.45, 2.75) is 0 Å². The Morgan fingerprint density at radius 1 is 0.444 bits per heavy atom. The van der Waals surface area contributed by atoms with Gasteiger partial charge in [-0.05, 0) is 60.7 Å². The first-order valence-corrected chi connectivity index (χ1v) is 15.8. The van der Waals surface area contributed by atoms with E-state index in [9.17, 15) is 0 Å². The SMILES string of the molecule is c1ccc(-c2nc(-c3ccc(N4c5ccccc5N(c5ccccc5)c5sc6ccccc6c54)cc3)nc3ccccc23)cc1. The fourth-order valence-corrected chi connectivity index (χ4v) is 7.56. The standard InChI is InChI=1S/C40H26N4S/c1-3-13-27(14-4-1)37-31-17-7-9-19-33(31)41-39(42-37)28-23-25-30(26-24-28)43-34-20-10-11-21-35(34)44(29-15-5-2-6-16-29)40-38(43)32-18-8-12-22-36(32)45-40/h1-26H. The van der Waals surface area contributed by atoms with E-state index in [1.165, 1.54) is 20.8 Å². The van der Waals surface area contributed by atoms with E-state index in [0.29, 0.717) is 0 Å². The summed E-state index contributed by atoms with van der Waals surface area (Å²) in [7, 11) is 0. The quantitative estimate of drug-likeness (QED) is 0.203. The smallest absolute Gasteiger partial charge is 0.160 e. The molecule has 45 heavy (non-hydrogen) atoms. The normalized spacial score (nSPS) is 12.4.